The Kier molecular flexibility index (Phi) is 3.30. The molecule has 16 heavy (non-hydrogen) atoms. The van der Waals surface area contributed by atoms with Crippen LogP contribution in [0, 0.1) is 11.3 Å². The van der Waals surface area contributed by atoms with Gasteiger partial charge in [0.1, 0.15) is 6.07 Å². The molecule has 1 N–H and O–H groups in total. The highest BCUT2D eigenvalue weighted by Crippen LogP contribution is 2.25. The maximum Gasteiger partial charge on any atom is 0.101 e. The molecule has 0 radical (unpaired) electrons. The molecule has 0 aliphatic rings. The highest BCUT2D eigenvalue weighted by atomic mass is 32.1. The maximum absolute atomic E-state index is 8.80. The predicted molar refractivity (Wildman–Crippen MR) is 65.0 cm³/mol. The average molecular weight is 229 g/mol. The standard InChI is InChI=1S/C12H11N3S/c1-14-7-12-3-11(8-16-12)10-2-9(4-13)5-15-6-10/h2-3,5-6,8,14H,7H2,1H3. The molecule has 0 atom stereocenters. The number of nitrogens with zero attached hydrogens (tertiary/aromatic N) is 2. The predicted octanol–water partition coefficient (Wildman–Crippen LogP) is 2.40. The molecular formula is C12H11N3S. The van der Waals surface area contributed by atoms with Crippen molar-refractivity contribution in [3.8, 4) is 17.2 Å². The summed E-state index contributed by atoms with van der Waals surface area (Å²) in [6, 6.07) is 6.08. The second-order valence-corrected chi connectivity index (χ2v) is 4.40. The summed E-state index contributed by atoms with van der Waals surface area (Å²) in [6.45, 7) is 0.871. The van der Waals surface area contributed by atoms with Gasteiger partial charge < -0.3 is 5.32 Å². The Morgan fingerprint density at radius 1 is 1.38 bits per heavy atom. The Bertz CT molecular complexity index is 525. The number of nitriles is 1. The number of aromatic nitrogens is 1. The van der Waals surface area contributed by atoms with Crippen LogP contribution in [0.25, 0.3) is 11.1 Å². The minimum absolute atomic E-state index is 0.596. The SMILES string of the molecule is CNCc1cc(-c2cncc(C#N)c2)cs1. The molecule has 2 rings (SSSR count). The van der Waals surface area contributed by atoms with E-state index in [0.29, 0.717) is 5.56 Å². The van der Waals surface area contributed by atoms with Crippen molar-refractivity contribution in [3.05, 3.63) is 40.3 Å². The molecule has 2 heterocycles. The van der Waals surface area contributed by atoms with Crippen molar-refractivity contribution < 1.29 is 0 Å². The van der Waals surface area contributed by atoms with Gasteiger partial charge in [-0.1, -0.05) is 0 Å². The van der Waals surface area contributed by atoms with Gasteiger partial charge in [-0.05, 0) is 30.1 Å². The first-order valence-corrected chi connectivity index (χ1v) is 5.79. The molecule has 0 aliphatic heterocycles. The Balaban J connectivity index is 2.32. The summed E-state index contributed by atoms with van der Waals surface area (Å²) < 4.78 is 0. The zero-order valence-electron chi connectivity index (χ0n) is 8.90. The molecule has 3 nitrogen and oxygen atoms in total. The molecule has 2 aromatic heterocycles. The van der Waals surface area contributed by atoms with Gasteiger partial charge in [0, 0.05) is 29.4 Å². The van der Waals surface area contributed by atoms with E-state index in [1.165, 1.54) is 4.88 Å². The zero-order valence-corrected chi connectivity index (χ0v) is 9.71. The van der Waals surface area contributed by atoms with Gasteiger partial charge in [-0.15, -0.1) is 11.3 Å². The van der Waals surface area contributed by atoms with Crippen molar-refractivity contribution in [1.29, 1.82) is 5.26 Å². The number of nitrogens with one attached hydrogen (secondary N) is 1. The van der Waals surface area contributed by atoms with Gasteiger partial charge in [-0.2, -0.15) is 5.26 Å². The van der Waals surface area contributed by atoms with E-state index in [2.05, 4.69) is 27.8 Å². The number of hydrogen-bond acceptors (Lipinski definition) is 4. The molecular weight excluding hydrogens is 218 g/mol. The van der Waals surface area contributed by atoms with Crippen molar-refractivity contribution >= 4 is 11.3 Å². The molecule has 0 aromatic carbocycles. The van der Waals surface area contributed by atoms with Crippen molar-refractivity contribution in [3.63, 3.8) is 0 Å². The van der Waals surface area contributed by atoms with E-state index in [1.54, 1.807) is 23.7 Å². The molecule has 80 valence electrons. The fourth-order valence-electron chi connectivity index (χ4n) is 1.46. The summed E-state index contributed by atoms with van der Waals surface area (Å²) >= 11 is 1.71. The van der Waals surface area contributed by atoms with Crippen molar-refractivity contribution in [1.82, 2.24) is 10.3 Å². The third kappa shape index (κ3) is 2.27. The first-order valence-electron chi connectivity index (χ1n) is 4.91. The van der Waals surface area contributed by atoms with Gasteiger partial charge in [-0.3, -0.25) is 4.98 Å². The fraction of sp³-hybridized carbons (Fsp3) is 0.167. The number of rotatable bonds is 3. The summed E-state index contributed by atoms with van der Waals surface area (Å²) in [4.78, 5) is 5.33. The quantitative estimate of drug-likeness (QED) is 0.879. The Morgan fingerprint density at radius 3 is 3.00 bits per heavy atom. The lowest BCUT2D eigenvalue weighted by Crippen LogP contribution is -2.02. The van der Waals surface area contributed by atoms with Crippen LogP contribution >= 0.6 is 11.3 Å². The second-order valence-electron chi connectivity index (χ2n) is 3.41. The van der Waals surface area contributed by atoms with E-state index in [-0.39, 0.29) is 0 Å². The van der Waals surface area contributed by atoms with Gasteiger partial charge in [-0.25, -0.2) is 0 Å². The van der Waals surface area contributed by atoms with E-state index in [9.17, 15) is 0 Å². The Morgan fingerprint density at radius 2 is 2.25 bits per heavy atom. The van der Waals surface area contributed by atoms with Crippen LogP contribution < -0.4 is 5.32 Å². The topological polar surface area (TPSA) is 48.7 Å². The summed E-state index contributed by atoms with van der Waals surface area (Å²) in [5.74, 6) is 0. The summed E-state index contributed by atoms with van der Waals surface area (Å²) in [7, 11) is 1.93. The highest BCUT2D eigenvalue weighted by molar-refractivity contribution is 7.10. The molecule has 0 aliphatic carbocycles. The van der Waals surface area contributed by atoms with Gasteiger partial charge >= 0.3 is 0 Å². The van der Waals surface area contributed by atoms with Gasteiger partial charge in [0.25, 0.3) is 0 Å². The normalized spacial score (nSPS) is 10.0. The summed E-state index contributed by atoms with van der Waals surface area (Å²) in [5.41, 5.74) is 2.72. The third-order valence-corrected chi connectivity index (χ3v) is 3.14. The molecule has 0 bridgehead atoms. The van der Waals surface area contributed by atoms with E-state index >= 15 is 0 Å². The van der Waals surface area contributed by atoms with Crippen LogP contribution in [-0.2, 0) is 6.54 Å². The van der Waals surface area contributed by atoms with Crippen LogP contribution in [-0.4, -0.2) is 12.0 Å². The molecule has 0 spiro atoms. The number of pyridine rings is 1. The Labute approximate surface area is 98.4 Å². The van der Waals surface area contributed by atoms with Gasteiger partial charge in [0.05, 0.1) is 5.56 Å². The third-order valence-electron chi connectivity index (χ3n) is 2.21. The first kappa shape index (κ1) is 10.8. The smallest absolute Gasteiger partial charge is 0.101 e. The molecule has 2 aromatic rings. The average Bonchev–Trinajstić information content (AvgIpc) is 2.78. The lowest BCUT2D eigenvalue weighted by atomic mass is 10.1. The lowest BCUT2D eigenvalue weighted by molar-refractivity contribution is 0.831. The maximum atomic E-state index is 8.80. The Hall–Kier alpha value is -1.70. The number of hydrogen-bond donors (Lipinski definition) is 1. The lowest BCUT2D eigenvalue weighted by Gasteiger charge is -1.96. The van der Waals surface area contributed by atoms with Crippen LogP contribution in [0.1, 0.15) is 10.4 Å². The van der Waals surface area contributed by atoms with Crippen LogP contribution in [0.3, 0.4) is 0 Å². The van der Waals surface area contributed by atoms with Crippen molar-refractivity contribution in [2.75, 3.05) is 7.05 Å². The van der Waals surface area contributed by atoms with Gasteiger partial charge in [0.15, 0.2) is 0 Å². The summed E-state index contributed by atoms with van der Waals surface area (Å²) in [5, 5.41) is 14.0. The van der Waals surface area contributed by atoms with Crippen LogP contribution in [0.2, 0.25) is 0 Å². The molecule has 0 fully saturated rings. The van der Waals surface area contributed by atoms with E-state index in [4.69, 9.17) is 5.26 Å². The van der Waals surface area contributed by atoms with E-state index in [0.717, 1.165) is 17.7 Å². The fourth-order valence-corrected chi connectivity index (χ4v) is 2.36. The largest absolute Gasteiger partial charge is 0.315 e. The monoisotopic (exact) mass is 229 g/mol. The highest BCUT2D eigenvalue weighted by Gasteiger charge is 2.03. The molecule has 0 saturated carbocycles. The van der Waals surface area contributed by atoms with Crippen LogP contribution in [0.5, 0.6) is 0 Å². The second kappa shape index (κ2) is 4.88. The van der Waals surface area contributed by atoms with Crippen LogP contribution in [0.4, 0.5) is 0 Å². The van der Waals surface area contributed by atoms with E-state index in [1.807, 2.05) is 13.1 Å². The number of thiophene rings is 1. The molecule has 4 heteroatoms. The summed E-state index contributed by atoms with van der Waals surface area (Å²) in [6.07, 6.45) is 3.36. The molecule has 0 amide bonds. The van der Waals surface area contributed by atoms with Crippen molar-refractivity contribution in [2.24, 2.45) is 0 Å². The van der Waals surface area contributed by atoms with E-state index < -0.39 is 0 Å². The minimum Gasteiger partial charge on any atom is -0.315 e. The zero-order chi connectivity index (χ0) is 11.4. The van der Waals surface area contributed by atoms with Crippen LogP contribution in [0.15, 0.2) is 29.9 Å². The first-order chi connectivity index (χ1) is 7.83. The molecule has 0 saturated heterocycles. The molecule has 0 unspecified atom stereocenters. The minimum atomic E-state index is 0.596. The van der Waals surface area contributed by atoms with Gasteiger partial charge in [0.2, 0.25) is 0 Å². The van der Waals surface area contributed by atoms with Crippen molar-refractivity contribution in [2.45, 2.75) is 6.54 Å².